The molecule has 0 aromatic heterocycles. The number of aryl methyl sites for hydroxylation is 1. The molecule has 6 nitrogen and oxygen atoms in total. The van der Waals surface area contributed by atoms with Gasteiger partial charge in [0.05, 0.1) is 11.2 Å². The number of hydrogen-bond donors (Lipinski definition) is 3. The number of rotatable bonds is 3. The van der Waals surface area contributed by atoms with Crippen molar-refractivity contribution in [3.8, 4) is 5.75 Å². The van der Waals surface area contributed by atoms with E-state index in [-0.39, 0.29) is 16.3 Å². The first-order chi connectivity index (χ1) is 11.4. The first-order valence-corrected chi connectivity index (χ1v) is 7.51. The zero-order chi connectivity index (χ0) is 17.7. The minimum absolute atomic E-state index is 0.0485. The number of phenols is 1. The summed E-state index contributed by atoms with van der Waals surface area (Å²) in [6.45, 7) is 1.91. The number of amides is 2. The molecule has 0 saturated heterocycles. The number of benzene rings is 2. The molecular weight excluding hydrogens is 353 g/mol. The highest BCUT2D eigenvalue weighted by atomic mass is 35.5. The fraction of sp³-hybridized carbons (Fsp3) is 0.0625. The first-order valence-electron chi connectivity index (χ1n) is 6.76. The second-order valence-corrected chi connectivity index (χ2v) is 5.69. The highest BCUT2D eigenvalue weighted by Crippen LogP contribution is 2.29. The van der Waals surface area contributed by atoms with E-state index in [9.17, 15) is 14.7 Å². The molecule has 0 spiro atoms. The number of carbonyl (C=O) groups is 2. The third-order valence-electron chi connectivity index (χ3n) is 2.94. The number of hydrogen-bond acceptors (Lipinski definition) is 4. The Kier molecular flexibility index (Phi) is 5.78. The molecule has 0 heterocycles. The highest BCUT2D eigenvalue weighted by molar-refractivity contribution is 6.39. The van der Waals surface area contributed by atoms with Crippen molar-refractivity contribution in [3.05, 3.63) is 57.6 Å². The van der Waals surface area contributed by atoms with Crippen LogP contribution < -0.4 is 10.7 Å². The Labute approximate surface area is 148 Å². The molecule has 0 aliphatic rings. The molecule has 24 heavy (non-hydrogen) atoms. The van der Waals surface area contributed by atoms with Crippen LogP contribution in [0.4, 0.5) is 5.69 Å². The van der Waals surface area contributed by atoms with Crippen LogP contribution in [0.1, 0.15) is 11.1 Å². The van der Waals surface area contributed by atoms with E-state index in [2.05, 4.69) is 10.4 Å². The lowest BCUT2D eigenvalue weighted by atomic mass is 10.2. The molecule has 8 heteroatoms. The van der Waals surface area contributed by atoms with E-state index in [0.717, 1.165) is 11.8 Å². The number of carbonyl (C=O) groups excluding carboxylic acids is 2. The molecule has 0 radical (unpaired) electrons. The zero-order valence-electron chi connectivity index (χ0n) is 12.5. The summed E-state index contributed by atoms with van der Waals surface area (Å²) >= 11 is 11.6. The minimum atomic E-state index is -0.959. The van der Waals surface area contributed by atoms with Crippen LogP contribution in [0, 0.1) is 6.92 Å². The second-order valence-electron chi connectivity index (χ2n) is 4.84. The molecule has 0 aliphatic carbocycles. The van der Waals surface area contributed by atoms with Gasteiger partial charge in [0.2, 0.25) is 0 Å². The lowest BCUT2D eigenvalue weighted by Crippen LogP contribution is -2.32. The van der Waals surface area contributed by atoms with Gasteiger partial charge in [-0.2, -0.15) is 5.10 Å². The number of hydrazone groups is 1. The van der Waals surface area contributed by atoms with Crippen molar-refractivity contribution < 1.29 is 14.7 Å². The number of aromatic hydroxyl groups is 1. The molecule has 0 bridgehead atoms. The standard InChI is InChI=1S/C16H13Cl2N3O3/c1-9-2-4-12(5-3-9)20-15(23)16(24)21-19-8-10-6-11(17)7-13(18)14(10)22/h2-8,22H,1H3,(H,20,23)(H,21,24)/b19-8+. The van der Waals surface area contributed by atoms with E-state index in [1.54, 1.807) is 24.3 Å². The van der Waals surface area contributed by atoms with Gasteiger partial charge in [0.15, 0.2) is 0 Å². The van der Waals surface area contributed by atoms with Crippen LogP contribution in [0.3, 0.4) is 0 Å². The maximum atomic E-state index is 11.7. The van der Waals surface area contributed by atoms with Crippen LogP contribution in [0.2, 0.25) is 10.0 Å². The summed E-state index contributed by atoms with van der Waals surface area (Å²) in [5, 5.41) is 16.1. The molecular formula is C16H13Cl2N3O3. The van der Waals surface area contributed by atoms with E-state index >= 15 is 0 Å². The zero-order valence-corrected chi connectivity index (χ0v) is 14.0. The van der Waals surface area contributed by atoms with Crippen LogP contribution >= 0.6 is 23.2 Å². The van der Waals surface area contributed by atoms with Gasteiger partial charge in [-0.1, -0.05) is 40.9 Å². The lowest BCUT2D eigenvalue weighted by Gasteiger charge is -2.04. The Morgan fingerprint density at radius 3 is 2.46 bits per heavy atom. The fourth-order valence-corrected chi connectivity index (χ4v) is 2.23. The molecule has 2 amide bonds. The third-order valence-corrected chi connectivity index (χ3v) is 3.45. The van der Waals surface area contributed by atoms with Gasteiger partial charge in [0.1, 0.15) is 5.75 Å². The Balaban J connectivity index is 1.97. The number of anilines is 1. The smallest absolute Gasteiger partial charge is 0.329 e. The summed E-state index contributed by atoms with van der Waals surface area (Å²) in [4.78, 5) is 23.4. The number of halogens is 2. The first kappa shape index (κ1) is 17.8. The van der Waals surface area contributed by atoms with E-state index in [4.69, 9.17) is 23.2 Å². The molecule has 0 aliphatic heterocycles. The van der Waals surface area contributed by atoms with Crippen molar-refractivity contribution in [3.63, 3.8) is 0 Å². The summed E-state index contributed by atoms with van der Waals surface area (Å²) in [6.07, 6.45) is 1.13. The second kappa shape index (κ2) is 7.81. The van der Waals surface area contributed by atoms with Crippen molar-refractivity contribution in [2.75, 3.05) is 5.32 Å². The molecule has 0 saturated carbocycles. The lowest BCUT2D eigenvalue weighted by molar-refractivity contribution is -0.136. The Morgan fingerprint density at radius 2 is 1.79 bits per heavy atom. The number of nitrogens with one attached hydrogen (secondary N) is 2. The largest absolute Gasteiger partial charge is 0.506 e. The predicted octanol–water partition coefficient (Wildman–Crippen LogP) is 3.10. The van der Waals surface area contributed by atoms with E-state index in [1.807, 2.05) is 12.3 Å². The number of phenolic OH excluding ortho intramolecular Hbond substituents is 1. The van der Waals surface area contributed by atoms with Gasteiger partial charge in [0.25, 0.3) is 0 Å². The quantitative estimate of drug-likeness (QED) is 0.443. The topological polar surface area (TPSA) is 90.8 Å². The Morgan fingerprint density at radius 1 is 1.12 bits per heavy atom. The molecule has 2 rings (SSSR count). The van der Waals surface area contributed by atoms with Gasteiger partial charge >= 0.3 is 11.8 Å². The maximum absolute atomic E-state index is 11.7. The summed E-state index contributed by atoms with van der Waals surface area (Å²) in [5.74, 6) is -2.06. The van der Waals surface area contributed by atoms with Crippen LogP contribution in [-0.2, 0) is 9.59 Å². The molecule has 2 aromatic rings. The van der Waals surface area contributed by atoms with Gasteiger partial charge in [-0.15, -0.1) is 0 Å². The van der Waals surface area contributed by atoms with E-state index in [1.165, 1.54) is 12.1 Å². The van der Waals surface area contributed by atoms with Gasteiger partial charge in [-0.25, -0.2) is 5.43 Å². The Bertz CT molecular complexity index is 805. The summed E-state index contributed by atoms with van der Waals surface area (Å²) < 4.78 is 0. The van der Waals surface area contributed by atoms with Crippen molar-refractivity contribution >= 4 is 46.9 Å². The number of nitrogens with zero attached hydrogens (tertiary/aromatic N) is 1. The molecule has 3 N–H and O–H groups in total. The molecule has 2 aromatic carbocycles. The molecule has 0 unspecified atom stereocenters. The van der Waals surface area contributed by atoms with Crippen molar-refractivity contribution in [2.24, 2.45) is 5.10 Å². The molecule has 124 valence electrons. The fourth-order valence-electron chi connectivity index (χ4n) is 1.72. The molecule has 0 fully saturated rings. The average Bonchev–Trinajstić information content (AvgIpc) is 2.53. The van der Waals surface area contributed by atoms with Crippen LogP contribution in [-0.4, -0.2) is 23.1 Å². The average molecular weight is 366 g/mol. The van der Waals surface area contributed by atoms with Gasteiger partial charge in [-0.3, -0.25) is 9.59 Å². The maximum Gasteiger partial charge on any atom is 0.329 e. The summed E-state index contributed by atoms with van der Waals surface area (Å²) in [5.41, 5.74) is 3.77. The normalized spacial score (nSPS) is 10.6. The Hall–Kier alpha value is -2.57. The summed E-state index contributed by atoms with van der Waals surface area (Å²) in [6, 6.07) is 9.73. The van der Waals surface area contributed by atoms with Crippen LogP contribution in [0.15, 0.2) is 41.5 Å². The third kappa shape index (κ3) is 4.71. The molecule has 0 atom stereocenters. The van der Waals surface area contributed by atoms with Gasteiger partial charge < -0.3 is 10.4 Å². The van der Waals surface area contributed by atoms with E-state index in [0.29, 0.717) is 10.7 Å². The predicted molar refractivity (Wildman–Crippen MR) is 93.7 cm³/mol. The monoisotopic (exact) mass is 365 g/mol. The van der Waals surface area contributed by atoms with Gasteiger partial charge in [0, 0.05) is 16.3 Å². The summed E-state index contributed by atoms with van der Waals surface area (Å²) in [7, 11) is 0. The van der Waals surface area contributed by atoms with Crippen molar-refractivity contribution in [1.29, 1.82) is 0 Å². The minimum Gasteiger partial charge on any atom is -0.506 e. The van der Waals surface area contributed by atoms with Crippen LogP contribution in [0.5, 0.6) is 5.75 Å². The highest BCUT2D eigenvalue weighted by Gasteiger charge is 2.13. The van der Waals surface area contributed by atoms with Crippen molar-refractivity contribution in [1.82, 2.24) is 5.43 Å². The van der Waals surface area contributed by atoms with E-state index < -0.39 is 11.8 Å². The van der Waals surface area contributed by atoms with Crippen LogP contribution in [0.25, 0.3) is 0 Å². The SMILES string of the molecule is Cc1ccc(NC(=O)C(=O)N/N=C/c2cc(Cl)cc(Cl)c2O)cc1. The van der Waals surface area contributed by atoms with Crippen molar-refractivity contribution in [2.45, 2.75) is 6.92 Å². The van der Waals surface area contributed by atoms with Gasteiger partial charge in [-0.05, 0) is 31.2 Å².